The number of rotatable bonds is 6. The van der Waals surface area contributed by atoms with Gasteiger partial charge in [0.1, 0.15) is 12.4 Å². The van der Waals surface area contributed by atoms with Crippen LogP contribution in [0.25, 0.3) is 11.4 Å². The van der Waals surface area contributed by atoms with Gasteiger partial charge >= 0.3 is 12.3 Å². The van der Waals surface area contributed by atoms with E-state index < -0.39 is 25.3 Å². The van der Waals surface area contributed by atoms with Crippen molar-refractivity contribution in [3.8, 4) is 17.1 Å². The maximum absolute atomic E-state index is 12.2. The van der Waals surface area contributed by atoms with Crippen LogP contribution < -0.4 is 10.1 Å². The summed E-state index contributed by atoms with van der Waals surface area (Å²) in [5, 5.41) is 10.2. The fourth-order valence-corrected chi connectivity index (χ4v) is 3.23. The monoisotopic (exact) mass is 427 g/mol. The van der Waals surface area contributed by atoms with Crippen molar-refractivity contribution in [2.75, 3.05) is 11.9 Å². The van der Waals surface area contributed by atoms with E-state index in [2.05, 4.69) is 25.3 Å². The number of aromatic nitrogens is 4. The van der Waals surface area contributed by atoms with E-state index in [4.69, 9.17) is 4.74 Å². The number of pyridine rings is 1. The number of carbonyl (C=O) groups is 1. The van der Waals surface area contributed by atoms with Crippen LogP contribution in [0.1, 0.15) is 44.2 Å². The molecule has 0 radical (unpaired) electrons. The van der Waals surface area contributed by atoms with Crippen LogP contribution in [-0.2, 0) is 11.8 Å². The zero-order chi connectivity index (χ0) is 21.7. The van der Waals surface area contributed by atoms with E-state index in [0.717, 1.165) is 25.7 Å². The molecule has 0 atom stereocenters. The molecule has 1 aliphatic rings. The van der Waals surface area contributed by atoms with Crippen molar-refractivity contribution in [1.82, 2.24) is 20.0 Å². The van der Waals surface area contributed by atoms with E-state index in [1.807, 2.05) is 6.92 Å². The van der Waals surface area contributed by atoms with E-state index >= 15 is 0 Å². The lowest BCUT2D eigenvalue weighted by Crippen LogP contribution is -2.20. The van der Waals surface area contributed by atoms with Gasteiger partial charge in [0.25, 0.3) is 0 Å². The number of amides is 1. The molecular formula is C19H24F3N5O3. The number of hydrogen-bond acceptors (Lipinski definition) is 6. The molecule has 30 heavy (non-hydrogen) atoms. The van der Waals surface area contributed by atoms with Gasteiger partial charge in [-0.2, -0.15) is 13.2 Å². The fraction of sp³-hybridized carbons (Fsp3) is 0.579. The Labute approximate surface area is 171 Å². The van der Waals surface area contributed by atoms with E-state index in [1.54, 1.807) is 12.1 Å². The second kappa shape index (κ2) is 9.31. The summed E-state index contributed by atoms with van der Waals surface area (Å²) in [6.07, 6.45) is -0.873. The molecule has 0 aromatic carbocycles. The number of hydrogen-bond donors (Lipinski definition) is 1. The van der Waals surface area contributed by atoms with Gasteiger partial charge in [-0.3, -0.25) is 5.32 Å². The Kier molecular flexibility index (Phi) is 6.78. The normalized spacial score (nSPS) is 15.1. The van der Waals surface area contributed by atoms with Crippen molar-refractivity contribution in [3.63, 3.8) is 0 Å². The molecule has 11 heteroatoms. The summed E-state index contributed by atoms with van der Waals surface area (Å²) in [6, 6.07) is 3.50. The zero-order valence-electron chi connectivity index (χ0n) is 16.8. The number of halogens is 3. The Bertz CT molecular complexity index is 879. The molecule has 2 aromatic rings. The summed E-state index contributed by atoms with van der Waals surface area (Å²) in [4.78, 5) is 16.4. The smallest absolute Gasteiger partial charge is 0.412 e. The molecule has 1 fully saturated rings. The van der Waals surface area contributed by atoms with Crippen LogP contribution in [0.4, 0.5) is 23.8 Å². The zero-order valence-corrected chi connectivity index (χ0v) is 16.8. The van der Waals surface area contributed by atoms with Gasteiger partial charge in [-0.1, -0.05) is 11.6 Å². The topological polar surface area (TPSA) is 91.2 Å². The maximum atomic E-state index is 12.2. The Hall–Kier alpha value is -2.85. The molecule has 8 nitrogen and oxygen atoms in total. The molecule has 0 bridgehead atoms. The summed E-state index contributed by atoms with van der Waals surface area (Å²) in [5.41, 5.74) is 1.39. The number of aryl methyl sites for hydroxylation is 2. The van der Waals surface area contributed by atoms with Crippen molar-refractivity contribution in [1.29, 1.82) is 0 Å². The number of ether oxygens (including phenoxy) is 2. The van der Waals surface area contributed by atoms with Crippen LogP contribution in [0, 0.1) is 6.92 Å². The van der Waals surface area contributed by atoms with Gasteiger partial charge in [-0.05, 0) is 44.7 Å². The minimum atomic E-state index is -4.40. The van der Waals surface area contributed by atoms with E-state index in [9.17, 15) is 18.0 Å². The second-order valence-electron chi connectivity index (χ2n) is 7.19. The third-order valence-corrected chi connectivity index (χ3v) is 4.79. The molecule has 1 N–H and O–H groups in total. The summed E-state index contributed by atoms with van der Waals surface area (Å²) in [7, 11) is 1.54. The molecule has 1 amide bonds. The van der Waals surface area contributed by atoms with Gasteiger partial charge in [0, 0.05) is 7.05 Å². The van der Waals surface area contributed by atoms with Gasteiger partial charge in [-0.25, -0.2) is 14.5 Å². The van der Waals surface area contributed by atoms with Gasteiger partial charge in [-0.15, -0.1) is 5.10 Å². The Balaban J connectivity index is 1.69. The highest BCUT2D eigenvalue weighted by Crippen LogP contribution is 2.29. The van der Waals surface area contributed by atoms with Crippen molar-refractivity contribution >= 4 is 11.9 Å². The van der Waals surface area contributed by atoms with Crippen LogP contribution in [0.2, 0.25) is 0 Å². The van der Waals surface area contributed by atoms with Gasteiger partial charge < -0.3 is 9.47 Å². The minimum Gasteiger partial charge on any atom is -0.489 e. The first-order chi connectivity index (χ1) is 14.2. The van der Waals surface area contributed by atoms with Crippen LogP contribution in [0.5, 0.6) is 5.75 Å². The Morgan fingerprint density at radius 3 is 2.67 bits per heavy atom. The Morgan fingerprint density at radius 2 is 2.00 bits per heavy atom. The molecule has 3 rings (SSSR count). The maximum Gasteiger partial charge on any atom is 0.412 e. The summed E-state index contributed by atoms with van der Waals surface area (Å²) in [5.74, 6) is 0.857. The number of nitrogens with zero attached hydrogens (tertiary/aromatic N) is 4. The van der Waals surface area contributed by atoms with Crippen LogP contribution in [-0.4, -0.2) is 45.0 Å². The first-order valence-electron chi connectivity index (χ1n) is 9.78. The number of alkyl halides is 3. The lowest BCUT2D eigenvalue weighted by molar-refractivity contribution is -0.140. The predicted octanol–water partition coefficient (Wildman–Crippen LogP) is 4.40. The molecular weight excluding hydrogens is 403 g/mol. The van der Waals surface area contributed by atoms with Crippen molar-refractivity contribution in [3.05, 3.63) is 17.8 Å². The van der Waals surface area contributed by atoms with Crippen molar-refractivity contribution < 1.29 is 27.4 Å². The average Bonchev–Trinajstić information content (AvgIpc) is 3.03. The minimum absolute atomic E-state index is 0.167. The average molecular weight is 427 g/mol. The molecule has 0 spiro atoms. The number of anilines is 1. The summed E-state index contributed by atoms with van der Waals surface area (Å²) < 4.78 is 48.5. The van der Waals surface area contributed by atoms with Crippen molar-refractivity contribution in [2.45, 2.75) is 57.7 Å². The van der Waals surface area contributed by atoms with E-state index in [1.165, 1.54) is 18.2 Å². The third kappa shape index (κ3) is 5.83. The Morgan fingerprint density at radius 1 is 1.27 bits per heavy atom. The third-order valence-electron chi connectivity index (χ3n) is 4.79. The van der Waals surface area contributed by atoms with Gasteiger partial charge in [0.2, 0.25) is 0 Å². The predicted molar refractivity (Wildman–Crippen MR) is 102 cm³/mol. The van der Waals surface area contributed by atoms with E-state index in [0.29, 0.717) is 17.1 Å². The number of carbonyl (C=O) groups excluding carboxylic acids is 1. The van der Waals surface area contributed by atoms with Crippen LogP contribution in [0.15, 0.2) is 12.1 Å². The van der Waals surface area contributed by atoms with Gasteiger partial charge in [0.05, 0.1) is 23.9 Å². The van der Waals surface area contributed by atoms with Gasteiger partial charge in [0.15, 0.2) is 11.5 Å². The van der Waals surface area contributed by atoms with E-state index in [-0.39, 0.29) is 17.6 Å². The molecule has 0 saturated heterocycles. The standard InChI is InChI=1S/C19H24F3N5O3/c1-12-15(30-13-6-4-3-5-7-13)9-8-14(23-12)16-17(27(2)26-25-16)24-18(28)29-11-10-19(20,21)22/h8-9,13H,3-7,10-11H2,1-2H3,(H,24,28). The highest BCUT2D eigenvalue weighted by atomic mass is 19.4. The molecule has 164 valence electrons. The molecule has 0 unspecified atom stereocenters. The number of nitrogens with one attached hydrogen (secondary N) is 1. The lowest BCUT2D eigenvalue weighted by Gasteiger charge is -2.23. The van der Waals surface area contributed by atoms with Crippen LogP contribution >= 0.6 is 0 Å². The highest BCUT2D eigenvalue weighted by molar-refractivity contribution is 5.88. The molecule has 2 aromatic heterocycles. The molecule has 1 aliphatic carbocycles. The van der Waals surface area contributed by atoms with Crippen LogP contribution in [0.3, 0.4) is 0 Å². The first-order valence-corrected chi connectivity index (χ1v) is 9.78. The molecule has 2 heterocycles. The quantitative estimate of drug-likeness (QED) is 0.735. The summed E-state index contributed by atoms with van der Waals surface area (Å²) in [6.45, 7) is 1.04. The summed E-state index contributed by atoms with van der Waals surface area (Å²) >= 11 is 0. The van der Waals surface area contributed by atoms with Crippen molar-refractivity contribution in [2.24, 2.45) is 7.05 Å². The second-order valence-corrected chi connectivity index (χ2v) is 7.19. The highest BCUT2D eigenvalue weighted by Gasteiger charge is 2.27. The molecule has 1 saturated carbocycles. The lowest BCUT2D eigenvalue weighted by atomic mass is 9.98. The largest absolute Gasteiger partial charge is 0.489 e. The SMILES string of the molecule is Cc1nc(-c2nnn(C)c2NC(=O)OCCC(F)(F)F)ccc1OC1CCCCC1. The molecule has 0 aliphatic heterocycles. The fourth-order valence-electron chi connectivity index (χ4n) is 3.23. The first kappa shape index (κ1) is 21.8.